The average Bonchev–Trinajstić information content (AvgIpc) is 1.33. The molecule has 132 heavy (non-hydrogen) atoms. The van der Waals surface area contributed by atoms with Gasteiger partial charge in [-0.25, -0.2) is 0 Å². The van der Waals surface area contributed by atoms with E-state index in [1.165, 1.54) is 164 Å². The fourth-order valence-electron chi connectivity index (χ4n) is 21.8. The van der Waals surface area contributed by atoms with Crippen LogP contribution >= 0.6 is 0 Å². The van der Waals surface area contributed by atoms with E-state index in [0.717, 1.165) is 68.2 Å². The Bertz CT molecular complexity index is 8420. The maximum absolute atomic E-state index is 2.48. The second-order valence-electron chi connectivity index (χ2n) is 36.1. The van der Waals surface area contributed by atoms with Gasteiger partial charge in [0.05, 0.1) is 17.1 Å². The number of nitrogens with zero attached hydrogens (tertiary/aromatic N) is 4. The Kier molecular flexibility index (Phi) is 19.3. The van der Waals surface area contributed by atoms with Crippen molar-refractivity contribution in [1.29, 1.82) is 0 Å². The minimum atomic E-state index is -0.138. The lowest BCUT2D eigenvalue weighted by atomic mass is 9.82. The number of rotatable bonds is 15. The summed E-state index contributed by atoms with van der Waals surface area (Å²) in [4.78, 5) is 9.70. The van der Waals surface area contributed by atoms with Crippen molar-refractivity contribution in [1.82, 2.24) is 0 Å². The summed E-state index contributed by atoms with van der Waals surface area (Å²) < 4.78 is 0. The maximum atomic E-state index is 2.48. The number of benzene rings is 23. The van der Waals surface area contributed by atoms with Gasteiger partial charge in [-0.2, -0.15) is 0 Å². The van der Waals surface area contributed by atoms with Gasteiger partial charge in [-0.1, -0.05) is 386 Å². The second-order valence-corrected chi connectivity index (χ2v) is 36.1. The molecule has 23 aromatic carbocycles. The van der Waals surface area contributed by atoms with Crippen LogP contribution in [0.15, 0.2) is 485 Å². The van der Waals surface area contributed by atoms with Crippen LogP contribution in [0.5, 0.6) is 0 Å². The number of fused-ring (bicyclic) bond motifs is 22. The number of hydrogen-bond acceptors (Lipinski definition) is 4. The van der Waals surface area contributed by atoms with Crippen LogP contribution in [0.1, 0.15) is 49.9 Å². The molecule has 0 heterocycles. The molecule has 0 aromatic heterocycles. The van der Waals surface area contributed by atoms with Crippen molar-refractivity contribution in [3.63, 3.8) is 0 Å². The summed E-state index contributed by atoms with van der Waals surface area (Å²) in [5.74, 6) is 0. The van der Waals surface area contributed by atoms with E-state index in [0.29, 0.717) is 0 Å². The smallest absolute Gasteiger partial charge is 0.0540 e. The third-order valence-corrected chi connectivity index (χ3v) is 28.0. The molecule has 23 aromatic rings. The Balaban J connectivity index is 0.000000146. The van der Waals surface area contributed by atoms with Crippen molar-refractivity contribution in [2.45, 2.75) is 38.5 Å². The molecular formula is C128H92N4. The van der Waals surface area contributed by atoms with Gasteiger partial charge in [-0.3, -0.25) is 0 Å². The predicted molar refractivity (Wildman–Crippen MR) is 563 cm³/mol. The van der Waals surface area contributed by atoms with Gasteiger partial charge < -0.3 is 19.6 Å². The Morgan fingerprint density at radius 3 is 0.773 bits per heavy atom. The first-order chi connectivity index (χ1) is 65.0. The molecule has 0 saturated carbocycles. The Hall–Kier alpha value is -16.7. The van der Waals surface area contributed by atoms with E-state index < -0.39 is 0 Å². The molecule has 0 bridgehead atoms. The van der Waals surface area contributed by atoms with Crippen LogP contribution < -0.4 is 19.6 Å². The third kappa shape index (κ3) is 13.3. The van der Waals surface area contributed by atoms with Gasteiger partial charge in [-0.15, -0.1) is 0 Å². The topological polar surface area (TPSA) is 13.0 Å². The van der Waals surface area contributed by atoms with E-state index in [9.17, 15) is 0 Å². The average molecular weight is 1690 g/mol. The molecule has 0 aliphatic heterocycles. The lowest BCUT2D eigenvalue weighted by Gasteiger charge is -2.30. The summed E-state index contributed by atoms with van der Waals surface area (Å²) in [6.07, 6.45) is 0. The van der Waals surface area contributed by atoms with Crippen LogP contribution in [0.4, 0.5) is 68.2 Å². The molecule has 624 valence electrons. The fraction of sp³-hybridized carbons (Fsp3) is 0.0469. The minimum Gasteiger partial charge on any atom is -0.310 e. The predicted octanol–water partition coefficient (Wildman–Crippen LogP) is 36.1. The highest BCUT2D eigenvalue weighted by atomic mass is 15.2. The SMILES string of the molecule is CC1(C)c2ccccc2-c2ccc(N(c3ccc4c(c3)c3ccccc3c3c5ccc(N(c6ccccc6)c6ccccc6-c6ccccc6)cc5ccc43)c3ccccc3-c3ccccc3)cc21.CC1(C)c2ccccc2-c2ccc(N(c3ccccc3)c3ccc4c(c3)c3ccccc3c3c5ccc(N(c6ccccc6)c6ccccc6-c6ccccc6)cc5ccc43)cc21. The van der Waals surface area contributed by atoms with Crippen LogP contribution in [-0.2, 0) is 10.8 Å². The Labute approximate surface area is 770 Å². The first kappa shape index (κ1) is 78.8. The summed E-state index contributed by atoms with van der Waals surface area (Å²) in [5, 5.41) is 19.9. The minimum absolute atomic E-state index is 0.0984. The molecule has 0 atom stereocenters. The van der Waals surface area contributed by atoms with Crippen LogP contribution in [0.25, 0.3) is 142 Å². The van der Waals surface area contributed by atoms with Gasteiger partial charge in [0.15, 0.2) is 0 Å². The van der Waals surface area contributed by atoms with E-state index >= 15 is 0 Å². The molecule has 0 radical (unpaired) electrons. The number of anilines is 12. The highest BCUT2D eigenvalue weighted by Crippen LogP contribution is 2.56. The molecule has 0 amide bonds. The lowest BCUT2D eigenvalue weighted by Crippen LogP contribution is -2.16. The standard InChI is InChI=1S/C67H48N2.C61H44N2/c1-67(2)62-31-17-14-29-57(62)58-41-37-51(44-63(58)67)69(65-33-19-16-27-53(65)46-22-8-4-9-23-46)50-36-40-56-60-38-34-47-42-49(35-39-54(47)66(60)59-30-13-12-28-55(59)61(56)43-50)68(48-24-10-5-11-25-48)64-32-18-15-26-52(64)45-20-6-3-7-21-45;1-61(2)57-28-16-14-26-52(57)53-37-33-47(40-58(53)61)62(43-20-8-4-9-21-43)46-32-36-51-55-34-30-42-38-45(31-35-49(42)60(55)54-27-13-12-25-50(54)56(51)39-46)63(44-22-10-5-11-23-44)59-29-17-15-24-48(59)41-18-6-3-7-19-41/h3-44H,1-2H3;3-40H,1-2H3. The zero-order valence-corrected chi connectivity index (χ0v) is 74.0. The van der Waals surface area contributed by atoms with Crippen molar-refractivity contribution in [3.8, 4) is 55.6 Å². The van der Waals surface area contributed by atoms with E-state index in [4.69, 9.17) is 0 Å². The Morgan fingerprint density at radius 2 is 0.386 bits per heavy atom. The van der Waals surface area contributed by atoms with Crippen molar-refractivity contribution in [3.05, 3.63) is 508 Å². The van der Waals surface area contributed by atoms with Gasteiger partial charge in [0.25, 0.3) is 0 Å². The number of para-hydroxylation sites is 6. The molecule has 4 heteroatoms. The molecule has 0 fully saturated rings. The summed E-state index contributed by atoms with van der Waals surface area (Å²) in [7, 11) is 0. The van der Waals surface area contributed by atoms with Crippen molar-refractivity contribution in [2.24, 2.45) is 0 Å². The fourth-order valence-corrected chi connectivity index (χ4v) is 21.8. The van der Waals surface area contributed by atoms with E-state index in [-0.39, 0.29) is 10.8 Å². The normalized spacial score (nSPS) is 12.7. The molecule has 0 N–H and O–H groups in total. The lowest BCUT2D eigenvalue weighted by molar-refractivity contribution is 0.660. The first-order valence-electron chi connectivity index (χ1n) is 45.9. The second kappa shape index (κ2) is 32.3. The molecule has 2 aliphatic rings. The molecule has 0 spiro atoms. The molecule has 0 unspecified atom stereocenters. The van der Waals surface area contributed by atoms with Crippen LogP contribution in [0.3, 0.4) is 0 Å². The van der Waals surface area contributed by atoms with E-state index in [1.54, 1.807) is 0 Å². The zero-order chi connectivity index (χ0) is 88.1. The van der Waals surface area contributed by atoms with Crippen molar-refractivity contribution in [2.75, 3.05) is 19.6 Å². The van der Waals surface area contributed by atoms with Crippen molar-refractivity contribution < 1.29 is 0 Å². The third-order valence-electron chi connectivity index (χ3n) is 28.0. The Morgan fingerprint density at radius 1 is 0.144 bits per heavy atom. The van der Waals surface area contributed by atoms with Crippen molar-refractivity contribution >= 4 is 154 Å². The van der Waals surface area contributed by atoms with Gasteiger partial charge in [0.1, 0.15) is 0 Å². The highest BCUT2D eigenvalue weighted by molar-refractivity contribution is 6.33. The molecule has 0 saturated heterocycles. The van der Waals surface area contributed by atoms with Gasteiger partial charge in [0.2, 0.25) is 0 Å². The first-order valence-corrected chi connectivity index (χ1v) is 45.9. The monoisotopic (exact) mass is 1680 g/mol. The largest absolute Gasteiger partial charge is 0.310 e. The zero-order valence-electron chi connectivity index (χ0n) is 74.0. The highest BCUT2D eigenvalue weighted by Gasteiger charge is 2.38. The molecular weight excluding hydrogens is 1590 g/mol. The molecule has 25 rings (SSSR count). The molecule has 2 aliphatic carbocycles. The quantitative estimate of drug-likeness (QED) is 0.0949. The van der Waals surface area contributed by atoms with Gasteiger partial charge in [0, 0.05) is 78.7 Å². The maximum Gasteiger partial charge on any atom is 0.0540 e. The molecule has 4 nitrogen and oxygen atoms in total. The van der Waals surface area contributed by atoms with Crippen LogP contribution in [0.2, 0.25) is 0 Å². The number of hydrogen-bond donors (Lipinski definition) is 0. The summed E-state index contributed by atoms with van der Waals surface area (Å²) >= 11 is 0. The van der Waals surface area contributed by atoms with Crippen LogP contribution in [0, 0.1) is 0 Å². The van der Waals surface area contributed by atoms with Gasteiger partial charge >= 0.3 is 0 Å². The van der Waals surface area contributed by atoms with E-state index in [2.05, 4.69) is 533 Å². The van der Waals surface area contributed by atoms with Crippen LogP contribution in [-0.4, -0.2) is 0 Å². The van der Waals surface area contributed by atoms with E-state index in [1.807, 2.05) is 0 Å². The summed E-state index contributed by atoms with van der Waals surface area (Å²) in [5.41, 5.74) is 31.2. The summed E-state index contributed by atoms with van der Waals surface area (Å²) in [6.45, 7) is 9.45. The summed E-state index contributed by atoms with van der Waals surface area (Å²) in [6, 6.07) is 178. The van der Waals surface area contributed by atoms with Gasteiger partial charge in [-0.05, 0) is 275 Å².